The molecule has 152 valence electrons. The number of aryl methyl sites for hydroxylation is 2. The number of carbonyl (C=O) groups is 1. The van der Waals surface area contributed by atoms with E-state index in [4.69, 9.17) is 0 Å². The molecule has 0 aromatic heterocycles. The molecule has 7 heteroatoms. The van der Waals surface area contributed by atoms with E-state index in [0.717, 1.165) is 24.0 Å². The molecule has 6 nitrogen and oxygen atoms in total. The van der Waals surface area contributed by atoms with Gasteiger partial charge >= 0.3 is 0 Å². The van der Waals surface area contributed by atoms with Gasteiger partial charge in [-0.3, -0.25) is 9.52 Å². The first-order valence-electron chi connectivity index (χ1n) is 9.38. The number of benzene rings is 2. The molecule has 2 N–H and O–H groups in total. The van der Waals surface area contributed by atoms with Gasteiger partial charge in [0.05, 0.1) is 11.5 Å². The van der Waals surface area contributed by atoms with Gasteiger partial charge in [-0.15, -0.1) is 0 Å². The quantitative estimate of drug-likeness (QED) is 0.671. The zero-order valence-corrected chi connectivity index (χ0v) is 17.4. The van der Waals surface area contributed by atoms with Gasteiger partial charge < -0.3 is 10.0 Å². The number of hydrogen-bond donors (Lipinski definition) is 2. The minimum absolute atomic E-state index is 0.0939. The van der Waals surface area contributed by atoms with Crippen LogP contribution in [0.3, 0.4) is 0 Å². The predicted octanol–water partition coefficient (Wildman–Crippen LogP) is 3.34. The number of sulfonamides is 1. The van der Waals surface area contributed by atoms with E-state index in [0.29, 0.717) is 17.8 Å². The lowest BCUT2D eigenvalue weighted by Gasteiger charge is -2.21. The van der Waals surface area contributed by atoms with Crippen molar-refractivity contribution in [1.82, 2.24) is 4.90 Å². The molecule has 2 aromatic carbocycles. The van der Waals surface area contributed by atoms with E-state index in [1.54, 1.807) is 47.4 Å². The summed E-state index contributed by atoms with van der Waals surface area (Å²) in [6.07, 6.45) is 1.81. The number of aliphatic hydroxyl groups is 1. The van der Waals surface area contributed by atoms with Crippen molar-refractivity contribution in [3.05, 3.63) is 59.2 Å². The van der Waals surface area contributed by atoms with E-state index < -0.39 is 10.0 Å². The average Bonchev–Trinajstić information content (AvgIpc) is 2.67. The largest absolute Gasteiger partial charge is 0.395 e. The van der Waals surface area contributed by atoms with Crippen molar-refractivity contribution in [2.24, 2.45) is 0 Å². The van der Waals surface area contributed by atoms with Gasteiger partial charge in [-0.25, -0.2) is 8.42 Å². The van der Waals surface area contributed by atoms with Crippen molar-refractivity contribution in [1.29, 1.82) is 0 Å². The molecule has 0 unspecified atom stereocenters. The molecule has 2 rings (SSSR count). The highest BCUT2D eigenvalue weighted by Crippen LogP contribution is 2.19. The lowest BCUT2D eigenvalue weighted by molar-refractivity contribution is 0.0719. The smallest absolute Gasteiger partial charge is 0.261 e. The highest BCUT2D eigenvalue weighted by molar-refractivity contribution is 7.92. The normalized spacial score (nSPS) is 11.3. The Hall–Kier alpha value is -2.38. The monoisotopic (exact) mass is 404 g/mol. The molecule has 0 aliphatic rings. The molecular weight excluding hydrogens is 376 g/mol. The summed E-state index contributed by atoms with van der Waals surface area (Å²) in [6.45, 7) is 6.60. The van der Waals surface area contributed by atoms with Gasteiger partial charge in [-0.1, -0.05) is 19.4 Å². The van der Waals surface area contributed by atoms with Gasteiger partial charge in [-0.2, -0.15) is 0 Å². The van der Waals surface area contributed by atoms with E-state index in [1.807, 2.05) is 20.8 Å². The number of unbranched alkanes of at least 4 members (excludes halogenated alkanes) is 1. The maximum atomic E-state index is 12.6. The highest BCUT2D eigenvalue weighted by atomic mass is 32.2. The van der Waals surface area contributed by atoms with Gasteiger partial charge in [0.1, 0.15) is 0 Å². The Labute approximate surface area is 167 Å². The second kappa shape index (κ2) is 9.71. The van der Waals surface area contributed by atoms with Gasteiger partial charge in [-0.05, 0) is 67.8 Å². The zero-order chi connectivity index (χ0) is 20.7. The SMILES string of the molecule is CCCCN(CCO)C(=O)c1ccc(NS(=O)(=O)c2ccc(C)c(C)c2)cc1. The van der Waals surface area contributed by atoms with E-state index in [-0.39, 0.29) is 24.0 Å². The van der Waals surface area contributed by atoms with Crippen molar-refractivity contribution in [2.75, 3.05) is 24.4 Å². The van der Waals surface area contributed by atoms with Gasteiger partial charge in [0.25, 0.3) is 15.9 Å². The summed E-state index contributed by atoms with van der Waals surface area (Å²) in [7, 11) is -3.70. The summed E-state index contributed by atoms with van der Waals surface area (Å²) in [5.74, 6) is -0.175. The first-order chi connectivity index (χ1) is 13.3. The van der Waals surface area contributed by atoms with Crippen molar-refractivity contribution >= 4 is 21.6 Å². The Morgan fingerprint density at radius 2 is 1.71 bits per heavy atom. The lowest BCUT2D eigenvalue weighted by atomic mass is 10.1. The molecular formula is C21H28N2O4S. The van der Waals surface area contributed by atoms with Gasteiger partial charge in [0, 0.05) is 24.3 Å². The van der Waals surface area contributed by atoms with E-state index in [9.17, 15) is 18.3 Å². The third-order valence-electron chi connectivity index (χ3n) is 4.61. The number of nitrogens with zero attached hydrogens (tertiary/aromatic N) is 1. The fraction of sp³-hybridized carbons (Fsp3) is 0.381. The number of rotatable bonds is 9. The van der Waals surface area contributed by atoms with Crippen molar-refractivity contribution in [3.8, 4) is 0 Å². The Morgan fingerprint density at radius 3 is 2.29 bits per heavy atom. The first-order valence-corrected chi connectivity index (χ1v) is 10.9. The number of aliphatic hydroxyl groups excluding tert-OH is 1. The average molecular weight is 405 g/mol. The third kappa shape index (κ3) is 5.56. The molecule has 0 aliphatic heterocycles. The molecule has 1 amide bonds. The number of anilines is 1. The molecule has 0 heterocycles. The van der Waals surface area contributed by atoms with Crippen LogP contribution in [0.25, 0.3) is 0 Å². The minimum Gasteiger partial charge on any atom is -0.395 e. The second-order valence-corrected chi connectivity index (χ2v) is 8.48. The van der Waals surface area contributed by atoms with Crippen molar-refractivity contribution in [3.63, 3.8) is 0 Å². The highest BCUT2D eigenvalue weighted by Gasteiger charge is 2.17. The fourth-order valence-corrected chi connectivity index (χ4v) is 3.89. The van der Waals surface area contributed by atoms with Gasteiger partial charge in [0.15, 0.2) is 0 Å². The summed E-state index contributed by atoms with van der Waals surface area (Å²) in [5.41, 5.74) is 2.77. The fourth-order valence-electron chi connectivity index (χ4n) is 2.74. The summed E-state index contributed by atoms with van der Waals surface area (Å²) in [5, 5.41) is 9.18. The number of carbonyl (C=O) groups excluding carboxylic acids is 1. The topological polar surface area (TPSA) is 86.7 Å². The van der Waals surface area contributed by atoms with E-state index in [2.05, 4.69) is 4.72 Å². The van der Waals surface area contributed by atoms with Crippen LogP contribution in [0, 0.1) is 13.8 Å². The maximum Gasteiger partial charge on any atom is 0.261 e. The molecule has 0 radical (unpaired) electrons. The molecule has 0 spiro atoms. The van der Waals surface area contributed by atoms with Crippen LogP contribution in [0.4, 0.5) is 5.69 Å². The number of amides is 1. The molecule has 0 saturated heterocycles. The van der Waals surface area contributed by atoms with Crippen LogP contribution in [0.1, 0.15) is 41.3 Å². The zero-order valence-electron chi connectivity index (χ0n) is 16.6. The molecule has 0 saturated carbocycles. The van der Waals surface area contributed by atoms with Crippen molar-refractivity contribution < 1.29 is 18.3 Å². The number of hydrogen-bond acceptors (Lipinski definition) is 4. The van der Waals surface area contributed by atoms with Crippen LogP contribution >= 0.6 is 0 Å². The summed E-state index contributed by atoms with van der Waals surface area (Å²) >= 11 is 0. The van der Waals surface area contributed by atoms with Crippen molar-refractivity contribution in [2.45, 2.75) is 38.5 Å². The molecule has 0 bridgehead atoms. The van der Waals surface area contributed by atoms with E-state index >= 15 is 0 Å². The maximum absolute atomic E-state index is 12.6. The van der Waals surface area contributed by atoms with Crippen LogP contribution in [0.2, 0.25) is 0 Å². The van der Waals surface area contributed by atoms with Crippen LogP contribution in [-0.4, -0.2) is 44.0 Å². The summed E-state index contributed by atoms with van der Waals surface area (Å²) < 4.78 is 27.7. The molecule has 2 aromatic rings. The summed E-state index contributed by atoms with van der Waals surface area (Å²) in [4.78, 5) is 14.4. The van der Waals surface area contributed by atoms with E-state index in [1.165, 1.54) is 0 Å². The Balaban J connectivity index is 2.14. The Bertz CT molecular complexity index is 909. The number of nitrogens with one attached hydrogen (secondary N) is 1. The third-order valence-corrected chi connectivity index (χ3v) is 5.99. The van der Waals surface area contributed by atoms with Crippen LogP contribution in [0.5, 0.6) is 0 Å². The van der Waals surface area contributed by atoms with Gasteiger partial charge in [0.2, 0.25) is 0 Å². The molecule has 0 fully saturated rings. The molecule has 0 aliphatic carbocycles. The van der Waals surface area contributed by atoms with Crippen LogP contribution in [0.15, 0.2) is 47.4 Å². The van der Waals surface area contributed by atoms with Crippen LogP contribution in [-0.2, 0) is 10.0 Å². The standard InChI is InChI=1S/C21H28N2O4S/c1-4-5-12-23(13-14-24)21(25)18-7-9-19(10-8-18)22-28(26,27)20-11-6-16(2)17(3)15-20/h6-11,15,22,24H,4-5,12-14H2,1-3H3. The molecule has 28 heavy (non-hydrogen) atoms. The Morgan fingerprint density at radius 1 is 1.04 bits per heavy atom. The minimum atomic E-state index is -3.70. The lowest BCUT2D eigenvalue weighted by Crippen LogP contribution is -2.34. The molecule has 0 atom stereocenters. The Kier molecular flexibility index (Phi) is 7.60. The second-order valence-electron chi connectivity index (χ2n) is 6.80. The van der Waals surface area contributed by atoms with Crippen LogP contribution < -0.4 is 4.72 Å². The summed E-state index contributed by atoms with van der Waals surface area (Å²) in [6, 6.07) is 11.3. The first kappa shape index (κ1) is 21.9. The predicted molar refractivity (Wildman–Crippen MR) is 111 cm³/mol.